The number of amides is 2. The van der Waals surface area contributed by atoms with Crippen molar-refractivity contribution in [1.29, 1.82) is 0 Å². The summed E-state index contributed by atoms with van der Waals surface area (Å²) >= 11 is 0. The third kappa shape index (κ3) is 5.57. The molecule has 0 aliphatic heterocycles. The predicted octanol–water partition coefficient (Wildman–Crippen LogP) is 3.17. The number of carbonyl (C=O) groups is 2. The standard InChI is InChI=1S/C21H27N3O4S/c1-6-15(3)22-21(26)17-9-7-8-10-18(17)23-20(25)16-11-12-19(14(2)13-16)24(4)29(5,27)28/h7-13,15H,6H2,1-5H3,(H,22,26)(H,23,25)/t15-/m1/s1. The number of sulfonamides is 1. The van der Waals surface area contributed by atoms with Crippen LogP contribution in [0, 0.1) is 6.92 Å². The first-order valence-electron chi connectivity index (χ1n) is 9.30. The lowest BCUT2D eigenvalue weighted by Crippen LogP contribution is -2.32. The topological polar surface area (TPSA) is 95.6 Å². The summed E-state index contributed by atoms with van der Waals surface area (Å²) in [5, 5.41) is 5.66. The summed E-state index contributed by atoms with van der Waals surface area (Å²) in [6.07, 6.45) is 1.92. The van der Waals surface area contributed by atoms with Gasteiger partial charge in [-0.15, -0.1) is 0 Å². The molecule has 2 N–H and O–H groups in total. The highest BCUT2D eigenvalue weighted by Gasteiger charge is 2.18. The molecule has 2 aromatic rings. The quantitative estimate of drug-likeness (QED) is 0.723. The molecule has 0 saturated heterocycles. The van der Waals surface area contributed by atoms with E-state index in [9.17, 15) is 18.0 Å². The molecule has 29 heavy (non-hydrogen) atoms. The summed E-state index contributed by atoms with van der Waals surface area (Å²) in [5.41, 5.74) is 2.30. The zero-order valence-corrected chi connectivity index (χ0v) is 18.1. The Hall–Kier alpha value is -2.87. The molecule has 0 aliphatic rings. The average molecular weight is 418 g/mol. The first-order chi connectivity index (χ1) is 13.5. The Morgan fingerprint density at radius 2 is 1.76 bits per heavy atom. The monoisotopic (exact) mass is 417 g/mol. The Labute approximate surface area is 172 Å². The number of benzene rings is 2. The molecule has 1 atom stereocenters. The molecule has 8 heteroatoms. The highest BCUT2D eigenvalue weighted by atomic mass is 32.2. The highest BCUT2D eigenvalue weighted by molar-refractivity contribution is 7.92. The van der Waals surface area contributed by atoms with Crippen LogP contribution < -0.4 is 14.9 Å². The number of nitrogens with zero attached hydrogens (tertiary/aromatic N) is 1. The van der Waals surface area contributed by atoms with Crippen molar-refractivity contribution in [3.8, 4) is 0 Å². The molecular weight excluding hydrogens is 390 g/mol. The van der Waals surface area contributed by atoms with E-state index < -0.39 is 10.0 Å². The molecule has 0 radical (unpaired) electrons. The zero-order valence-electron chi connectivity index (χ0n) is 17.3. The average Bonchev–Trinajstić information content (AvgIpc) is 2.66. The van der Waals surface area contributed by atoms with Gasteiger partial charge in [-0.2, -0.15) is 0 Å². The van der Waals surface area contributed by atoms with Crippen LogP contribution in [-0.2, 0) is 10.0 Å². The molecule has 0 saturated carbocycles. The van der Waals surface area contributed by atoms with Crippen molar-refractivity contribution in [2.24, 2.45) is 0 Å². The van der Waals surface area contributed by atoms with Gasteiger partial charge < -0.3 is 10.6 Å². The Bertz CT molecular complexity index is 1020. The number of anilines is 2. The Morgan fingerprint density at radius 3 is 2.34 bits per heavy atom. The third-order valence-corrected chi connectivity index (χ3v) is 5.90. The molecule has 2 amide bonds. The molecule has 0 fully saturated rings. The second-order valence-electron chi connectivity index (χ2n) is 7.01. The van der Waals surface area contributed by atoms with Crippen molar-refractivity contribution in [3.05, 3.63) is 59.2 Å². The van der Waals surface area contributed by atoms with Crippen LogP contribution in [0.1, 0.15) is 46.5 Å². The third-order valence-electron chi connectivity index (χ3n) is 4.71. The maximum Gasteiger partial charge on any atom is 0.255 e. The van der Waals surface area contributed by atoms with E-state index in [1.165, 1.54) is 11.4 Å². The van der Waals surface area contributed by atoms with Gasteiger partial charge in [-0.25, -0.2) is 8.42 Å². The molecular formula is C21H27N3O4S. The molecule has 2 rings (SSSR count). The van der Waals surface area contributed by atoms with Crippen LogP contribution in [0.5, 0.6) is 0 Å². The minimum absolute atomic E-state index is 0.0216. The molecule has 0 aliphatic carbocycles. The van der Waals surface area contributed by atoms with Gasteiger partial charge in [0.1, 0.15) is 0 Å². The van der Waals surface area contributed by atoms with Crippen LogP contribution in [0.3, 0.4) is 0 Å². The molecule has 0 spiro atoms. The van der Waals surface area contributed by atoms with Crippen molar-refractivity contribution in [2.45, 2.75) is 33.2 Å². The van der Waals surface area contributed by atoms with E-state index >= 15 is 0 Å². The summed E-state index contributed by atoms with van der Waals surface area (Å²) in [5.74, 6) is -0.637. The number of hydrogen-bond acceptors (Lipinski definition) is 4. The molecule has 0 bridgehead atoms. The van der Waals surface area contributed by atoms with Crippen LogP contribution >= 0.6 is 0 Å². The first-order valence-corrected chi connectivity index (χ1v) is 11.1. The number of para-hydroxylation sites is 1. The van der Waals surface area contributed by atoms with Gasteiger partial charge in [0.2, 0.25) is 10.0 Å². The summed E-state index contributed by atoms with van der Waals surface area (Å²) in [7, 11) is -1.94. The summed E-state index contributed by atoms with van der Waals surface area (Å²) in [4.78, 5) is 25.2. The Kier molecular flexibility index (Phi) is 7.02. The maximum absolute atomic E-state index is 12.7. The number of aryl methyl sites for hydroxylation is 1. The van der Waals surface area contributed by atoms with E-state index in [0.29, 0.717) is 28.1 Å². The lowest BCUT2D eigenvalue weighted by atomic mass is 10.1. The van der Waals surface area contributed by atoms with Crippen LogP contribution in [0.2, 0.25) is 0 Å². The lowest BCUT2D eigenvalue weighted by molar-refractivity contribution is 0.0940. The maximum atomic E-state index is 12.7. The fourth-order valence-electron chi connectivity index (χ4n) is 2.72. The van der Waals surface area contributed by atoms with E-state index in [2.05, 4.69) is 10.6 Å². The minimum atomic E-state index is -3.40. The summed E-state index contributed by atoms with van der Waals surface area (Å²) in [6, 6.07) is 11.6. The highest BCUT2D eigenvalue weighted by Crippen LogP contribution is 2.23. The fourth-order valence-corrected chi connectivity index (χ4v) is 3.28. The SMILES string of the molecule is CC[C@@H](C)NC(=O)c1ccccc1NC(=O)c1ccc(N(C)S(C)(=O)=O)c(C)c1. The van der Waals surface area contributed by atoms with Crippen LogP contribution in [0.25, 0.3) is 0 Å². The van der Waals surface area contributed by atoms with E-state index in [1.54, 1.807) is 49.4 Å². The fraction of sp³-hybridized carbons (Fsp3) is 0.333. The largest absolute Gasteiger partial charge is 0.350 e. The molecule has 0 aromatic heterocycles. The van der Waals surface area contributed by atoms with Gasteiger partial charge in [0.05, 0.1) is 23.2 Å². The van der Waals surface area contributed by atoms with Crippen molar-refractivity contribution in [1.82, 2.24) is 5.32 Å². The Balaban J connectivity index is 2.26. The second-order valence-corrected chi connectivity index (χ2v) is 9.03. The zero-order chi connectivity index (χ0) is 21.8. The number of carbonyl (C=O) groups excluding carboxylic acids is 2. The normalized spacial score (nSPS) is 12.2. The van der Waals surface area contributed by atoms with Gasteiger partial charge in [0.25, 0.3) is 11.8 Å². The van der Waals surface area contributed by atoms with E-state index in [4.69, 9.17) is 0 Å². The van der Waals surface area contributed by atoms with Crippen molar-refractivity contribution in [2.75, 3.05) is 22.9 Å². The molecule has 7 nitrogen and oxygen atoms in total. The smallest absolute Gasteiger partial charge is 0.255 e. The number of nitrogens with one attached hydrogen (secondary N) is 2. The van der Waals surface area contributed by atoms with Gasteiger partial charge in [0.15, 0.2) is 0 Å². The second kappa shape index (κ2) is 9.09. The minimum Gasteiger partial charge on any atom is -0.350 e. The molecule has 0 unspecified atom stereocenters. The summed E-state index contributed by atoms with van der Waals surface area (Å²) in [6.45, 7) is 5.63. The molecule has 0 heterocycles. The van der Waals surface area contributed by atoms with Crippen molar-refractivity contribution in [3.63, 3.8) is 0 Å². The first kappa shape index (κ1) is 22.4. The van der Waals surface area contributed by atoms with Gasteiger partial charge >= 0.3 is 0 Å². The number of rotatable bonds is 7. The van der Waals surface area contributed by atoms with Gasteiger partial charge in [0, 0.05) is 18.7 Å². The van der Waals surface area contributed by atoms with Gasteiger partial charge in [-0.3, -0.25) is 13.9 Å². The van der Waals surface area contributed by atoms with E-state index in [0.717, 1.165) is 12.7 Å². The van der Waals surface area contributed by atoms with Crippen LogP contribution in [-0.4, -0.2) is 39.6 Å². The Morgan fingerprint density at radius 1 is 1.10 bits per heavy atom. The van der Waals surface area contributed by atoms with Crippen molar-refractivity contribution >= 4 is 33.2 Å². The predicted molar refractivity (Wildman–Crippen MR) is 116 cm³/mol. The van der Waals surface area contributed by atoms with Crippen LogP contribution in [0.15, 0.2) is 42.5 Å². The van der Waals surface area contributed by atoms with Gasteiger partial charge in [-0.05, 0) is 56.2 Å². The van der Waals surface area contributed by atoms with E-state index in [-0.39, 0.29) is 17.9 Å². The molecule has 2 aromatic carbocycles. The van der Waals surface area contributed by atoms with E-state index in [1.807, 2.05) is 13.8 Å². The molecule has 156 valence electrons. The van der Waals surface area contributed by atoms with Gasteiger partial charge in [-0.1, -0.05) is 19.1 Å². The van der Waals surface area contributed by atoms with Crippen LogP contribution in [0.4, 0.5) is 11.4 Å². The number of hydrogen-bond donors (Lipinski definition) is 2. The summed E-state index contributed by atoms with van der Waals surface area (Å²) < 4.78 is 24.7. The lowest BCUT2D eigenvalue weighted by Gasteiger charge is -2.19. The van der Waals surface area contributed by atoms with Crippen molar-refractivity contribution < 1.29 is 18.0 Å².